The van der Waals surface area contributed by atoms with Crippen LogP contribution in [0.4, 0.5) is 24.7 Å². The Morgan fingerprint density at radius 2 is 1.74 bits per heavy atom. The number of fused-ring (bicyclic) bond motifs is 2. The number of aromatic nitrogens is 2. The summed E-state index contributed by atoms with van der Waals surface area (Å²) in [6, 6.07) is 11.3. The number of benzene rings is 1. The van der Waals surface area contributed by atoms with E-state index in [1.165, 1.54) is 0 Å². The molecule has 1 aromatic heterocycles. The van der Waals surface area contributed by atoms with Crippen LogP contribution in [0.15, 0.2) is 42.6 Å². The fraction of sp³-hybridized carbons (Fsp3) is 0.520. The molecule has 2 atom stereocenters. The molecule has 2 amide bonds. The van der Waals surface area contributed by atoms with E-state index in [4.69, 9.17) is 0 Å². The van der Waals surface area contributed by atoms with Crippen LogP contribution in [0.3, 0.4) is 0 Å². The predicted molar refractivity (Wildman–Crippen MR) is 123 cm³/mol. The van der Waals surface area contributed by atoms with Crippen LogP contribution in [0.25, 0.3) is 0 Å². The van der Waals surface area contributed by atoms with E-state index in [2.05, 4.69) is 15.5 Å². The average molecular weight is 488 g/mol. The second-order valence-electron chi connectivity index (χ2n) is 9.67. The molecule has 0 spiro atoms. The standard InChI is InChI=1S/C25H28F3N5O2/c26-25(27,28)10-9-23(34)32-20-7-8-21(32)13-17(12-20)16-3-5-19(6-4-16)33(22-2-1-11-30-31-22)24(35)18-14-29-15-18/h1-6,11,17-18,20-21,29H,7-10,12-15H2. The lowest BCUT2D eigenvalue weighted by atomic mass is 9.84. The van der Waals surface area contributed by atoms with Crippen molar-refractivity contribution in [3.05, 3.63) is 48.2 Å². The minimum Gasteiger partial charge on any atom is -0.337 e. The number of halogens is 3. The molecule has 2 unspecified atom stereocenters. The SMILES string of the molecule is O=C(C1CNC1)N(c1ccc(C2CC3CCC(C2)N3C(=O)CCC(F)(F)F)cc1)c1cccnn1. The molecule has 3 fully saturated rings. The van der Waals surface area contributed by atoms with Crippen LogP contribution in [0.1, 0.15) is 50.0 Å². The van der Waals surface area contributed by atoms with Crippen molar-refractivity contribution < 1.29 is 22.8 Å². The van der Waals surface area contributed by atoms with Gasteiger partial charge in [-0.05, 0) is 61.4 Å². The first-order valence-electron chi connectivity index (χ1n) is 12.1. The molecule has 5 rings (SSSR count). The fourth-order valence-corrected chi connectivity index (χ4v) is 5.56. The number of hydrogen-bond donors (Lipinski definition) is 1. The molecule has 4 heterocycles. The molecule has 1 N–H and O–H groups in total. The van der Waals surface area contributed by atoms with Gasteiger partial charge in [0.25, 0.3) is 0 Å². The number of piperidine rings is 1. The van der Waals surface area contributed by atoms with E-state index in [0.29, 0.717) is 24.6 Å². The highest BCUT2D eigenvalue weighted by molar-refractivity contribution is 6.01. The Morgan fingerprint density at radius 1 is 1.06 bits per heavy atom. The molecule has 0 radical (unpaired) electrons. The molecule has 35 heavy (non-hydrogen) atoms. The number of alkyl halides is 3. The van der Waals surface area contributed by atoms with E-state index in [-0.39, 0.29) is 35.7 Å². The van der Waals surface area contributed by atoms with Gasteiger partial charge in [0.05, 0.1) is 18.0 Å². The van der Waals surface area contributed by atoms with Crippen LogP contribution >= 0.6 is 0 Å². The molecule has 2 bridgehead atoms. The maximum absolute atomic E-state index is 13.1. The number of anilines is 2. The summed E-state index contributed by atoms with van der Waals surface area (Å²) in [4.78, 5) is 29.0. The van der Waals surface area contributed by atoms with Crippen molar-refractivity contribution in [2.45, 2.75) is 62.7 Å². The lowest BCUT2D eigenvalue weighted by molar-refractivity contribution is -0.151. The maximum atomic E-state index is 13.1. The Morgan fingerprint density at radius 3 is 2.29 bits per heavy atom. The van der Waals surface area contributed by atoms with E-state index in [1.54, 1.807) is 28.1 Å². The van der Waals surface area contributed by atoms with Crippen molar-refractivity contribution in [1.82, 2.24) is 20.4 Å². The lowest BCUT2D eigenvalue weighted by Crippen LogP contribution is -2.51. The van der Waals surface area contributed by atoms with Crippen LogP contribution in [0.5, 0.6) is 0 Å². The molecule has 10 heteroatoms. The minimum absolute atomic E-state index is 0.0112. The number of carbonyl (C=O) groups excluding carboxylic acids is 2. The monoisotopic (exact) mass is 487 g/mol. The lowest BCUT2D eigenvalue weighted by Gasteiger charge is -2.39. The van der Waals surface area contributed by atoms with E-state index < -0.39 is 19.0 Å². The number of amides is 2. The molecule has 3 saturated heterocycles. The van der Waals surface area contributed by atoms with Gasteiger partial charge in [-0.2, -0.15) is 18.3 Å². The van der Waals surface area contributed by atoms with Crippen molar-refractivity contribution in [2.75, 3.05) is 18.0 Å². The van der Waals surface area contributed by atoms with Crippen LogP contribution in [0.2, 0.25) is 0 Å². The first-order chi connectivity index (χ1) is 16.8. The second-order valence-corrected chi connectivity index (χ2v) is 9.67. The number of hydrogen-bond acceptors (Lipinski definition) is 5. The topological polar surface area (TPSA) is 78.4 Å². The van der Waals surface area contributed by atoms with Crippen molar-refractivity contribution in [2.24, 2.45) is 5.92 Å². The smallest absolute Gasteiger partial charge is 0.337 e. The summed E-state index contributed by atoms with van der Waals surface area (Å²) in [7, 11) is 0. The van der Waals surface area contributed by atoms with Crippen molar-refractivity contribution in [3.63, 3.8) is 0 Å². The van der Waals surface area contributed by atoms with Crippen molar-refractivity contribution in [3.8, 4) is 0 Å². The number of carbonyl (C=O) groups is 2. The molecular formula is C25H28F3N5O2. The quantitative estimate of drug-likeness (QED) is 0.668. The third-order valence-electron chi connectivity index (χ3n) is 7.40. The summed E-state index contributed by atoms with van der Waals surface area (Å²) in [5.74, 6) is 0.185. The summed E-state index contributed by atoms with van der Waals surface area (Å²) in [5.41, 5.74) is 1.83. The first-order valence-corrected chi connectivity index (χ1v) is 12.1. The van der Waals surface area contributed by atoms with Gasteiger partial charge in [-0.25, -0.2) is 0 Å². The van der Waals surface area contributed by atoms with E-state index in [9.17, 15) is 22.8 Å². The molecule has 2 aromatic rings. The van der Waals surface area contributed by atoms with Gasteiger partial charge >= 0.3 is 6.18 Å². The molecule has 3 aliphatic heterocycles. The van der Waals surface area contributed by atoms with Crippen molar-refractivity contribution in [1.29, 1.82) is 0 Å². The maximum Gasteiger partial charge on any atom is 0.389 e. The largest absolute Gasteiger partial charge is 0.389 e. The van der Waals surface area contributed by atoms with Gasteiger partial charge in [-0.15, -0.1) is 5.10 Å². The van der Waals surface area contributed by atoms with Crippen LogP contribution in [-0.4, -0.2) is 58.3 Å². The number of rotatable bonds is 6. The van der Waals surface area contributed by atoms with Gasteiger partial charge in [-0.1, -0.05) is 12.1 Å². The Labute approximate surface area is 201 Å². The molecular weight excluding hydrogens is 459 g/mol. The Balaban J connectivity index is 1.29. The highest BCUT2D eigenvalue weighted by Gasteiger charge is 2.44. The predicted octanol–water partition coefficient (Wildman–Crippen LogP) is 3.94. The van der Waals surface area contributed by atoms with E-state index in [1.807, 2.05) is 24.3 Å². The molecule has 0 aliphatic carbocycles. The third kappa shape index (κ3) is 5.03. The summed E-state index contributed by atoms with van der Waals surface area (Å²) < 4.78 is 37.8. The van der Waals surface area contributed by atoms with E-state index in [0.717, 1.165) is 31.2 Å². The Hall–Kier alpha value is -3.01. The van der Waals surface area contributed by atoms with Gasteiger partial charge in [0, 0.05) is 37.8 Å². The zero-order valence-corrected chi connectivity index (χ0v) is 19.2. The van der Waals surface area contributed by atoms with Crippen LogP contribution in [-0.2, 0) is 9.59 Å². The Bertz CT molecular complexity index is 1050. The molecule has 186 valence electrons. The first kappa shape index (κ1) is 23.7. The summed E-state index contributed by atoms with van der Waals surface area (Å²) in [5, 5.41) is 11.2. The average Bonchev–Trinajstić information content (AvgIpc) is 3.06. The zero-order valence-electron chi connectivity index (χ0n) is 19.2. The van der Waals surface area contributed by atoms with Crippen molar-refractivity contribution >= 4 is 23.3 Å². The van der Waals surface area contributed by atoms with Crippen LogP contribution in [0, 0.1) is 5.92 Å². The van der Waals surface area contributed by atoms with E-state index >= 15 is 0 Å². The van der Waals surface area contributed by atoms with Crippen LogP contribution < -0.4 is 10.2 Å². The molecule has 0 saturated carbocycles. The summed E-state index contributed by atoms with van der Waals surface area (Å²) in [6.07, 6.45) is -1.13. The highest BCUT2D eigenvalue weighted by atomic mass is 19.4. The van der Waals surface area contributed by atoms with Gasteiger partial charge in [0.15, 0.2) is 5.82 Å². The second kappa shape index (κ2) is 9.56. The van der Waals surface area contributed by atoms with Gasteiger partial charge in [-0.3, -0.25) is 14.5 Å². The minimum atomic E-state index is -4.31. The normalized spacial score (nSPS) is 24.2. The molecule has 1 aromatic carbocycles. The third-order valence-corrected chi connectivity index (χ3v) is 7.40. The Kier molecular flexibility index (Phi) is 6.48. The van der Waals surface area contributed by atoms with Gasteiger partial charge in [0.1, 0.15) is 0 Å². The number of nitrogens with one attached hydrogen (secondary N) is 1. The number of nitrogens with zero attached hydrogens (tertiary/aromatic N) is 4. The fourth-order valence-electron chi connectivity index (χ4n) is 5.56. The highest BCUT2D eigenvalue weighted by Crippen LogP contribution is 2.44. The van der Waals surface area contributed by atoms with Gasteiger partial charge in [0.2, 0.25) is 11.8 Å². The summed E-state index contributed by atoms with van der Waals surface area (Å²) in [6.45, 7) is 1.27. The summed E-state index contributed by atoms with van der Waals surface area (Å²) >= 11 is 0. The molecule has 3 aliphatic rings. The van der Waals surface area contributed by atoms with Gasteiger partial charge < -0.3 is 10.2 Å². The zero-order chi connectivity index (χ0) is 24.6. The molecule has 7 nitrogen and oxygen atoms in total.